The van der Waals surface area contributed by atoms with Crippen molar-refractivity contribution in [3.8, 4) is 0 Å². The second-order valence-electron chi connectivity index (χ2n) is 4.54. The van der Waals surface area contributed by atoms with E-state index in [1.807, 2.05) is 0 Å². The van der Waals surface area contributed by atoms with Crippen LogP contribution in [0.5, 0.6) is 0 Å². The molecule has 0 bridgehead atoms. The summed E-state index contributed by atoms with van der Waals surface area (Å²) in [5.74, 6) is 1.23. The first-order valence-corrected chi connectivity index (χ1v) is 6.03. The summed E-state index contributed by atoms with van der Waals surface area (Å²) < 4.78 is 5.00. The minimum atomic E-state index is -0.300. The van der Waals surface area contributed by atoms with Crippen molar-refractivity contribution in [1.29, 1.82) is 0 Å². The molecule has 0 N–H and O–H groups in total. The molecule has 2 nitrogen and oxygen atoms in total. The van der Waals surface area contributed by atoms with Gasteiger partial charge in [-0.1, -0.05) is 45.6 Å². The van der Waals surface area contributed by atoms with Gasteiger partial charge in [-0.25, -0.2) is 4.79 Å². The maximum Gasteiger partial charge on any atom is 0.330 e. The molecule has 0 aromatic heterocycles. The highest BCUT2D eigenvalue weighted by Gasteiger charge is 2.19. The summed E-state index contributed by atoms with van der Waals surface area (Å²) in [5.41, 5.74) is 0. The minimum absolute atomic E-state index is 0.300. The molecule has 0 heterocycles. The molecule has 0 radical (unpaired) electrons. The number of hydrogen-bond donors (Lipinski definition) is 0. The average Bonchev–Trinajstić information content (AvgIpc) is 2.29. The van der Waals surface area contributed by atoms with Gasteiger partial charge in [0.2, 0.25) is 0 Å². The fourth-order valence-electron chi connectivity index (χ4n) is 2.34. The molecule has 1 unspecified atom stereocenters. The molecule has 1 aliphatic carbocycles. The van der Waals surface area contributed by atoms with Crippen LogP contribution < -0.4 is 0 Å². The number of hydrogen-bond acceptors (Lipinski definition) is 2. The van der Waals surface area contributed by atoms with Gasteiger partial charge in [-0.3, -0.25) is 0 Å². The van der Waals surface area contributed by atoms with Crippen molar-refractivity contribution in [2.45, 2.75) is 45.4 Å². The molecule has 0 saturated heterocycles. The Balaban J connectivity index is 2.14. The number of carbonyl (C=O) groups is 1. The summed E-state index contributed by atoms with van der Waals surface area (Å²) >= 11 is 0. The molecule has 0 aromatic carbocycles. The molecule has 1 atom stereocenters. The van der Waals surface area contributed by atoms with E-state index in [4.69, 9.17) is 4.74 Å². The first kappa shape index (κ1) is 12.3. The van der Waals surface area contributed by atoms with Crippen LogP contribution in [0.4, 0.5) is 0 Å². The molecule has 86 valence electrons. The first-order valence-electron chi connectivity index (χ1n) is 6.03. The van der Waals surface area contributed by atoms with Crippen LogP contribution in [0.15, 0.2) is 12.7 Å². The zero-order valence-electron chi connectivity index (χ0n) is 9.71. The fraction of sp³-hybridized carbons (Fsp3) is 0.769. The first-order chi connectivity index (χ1) is 7.24. The predicted molar refractivity (Wildman–Crippen MR) is 61.5 cm³/mol. The Kier molecular flexibility index (Phi) is 5.44. The van der Waals surface area contributed by atoms with Gasteiger partial charge in [0.05, 0.1) is 6.61 Å². The lowest BCUT2D eigenvalue weighted by Gasteiger charge is -2.27. The number of rotatable bonds is 5. The highest BCUT2D eigenvalue weighted by molar-refractivity contribution is 5.81. The Bertz CT molecular complexity index is 205. The van der Waals surface area contributed by atoms with E-state index in [9.17, 15) is 4.79 Å². The van der Waals surface area contributed by atoms with Crippen LogP contribution in [-0.4, -0.2) is 12.6 Å². The summed E-state index contributed by atoms with van der Waals surface area (Å²) in [6.07, 6.45) is 9.08. The smallest absolute Gasteiger partial charge is 0.330 e. The van der Waals surface area contributed by atoms with Crippen LogP contribution in [0, 0.1) is 11.8 Å². The van der Waals surface area contributed by atoms with Gasteiger partial charge >= 0.3 is 5.97 Å². The van der Waals surface area contributed by atoms with Crippen LogP contribution in [0.25, 0.3) is 0 Å². The second-order valence-corrected chi connectivity index (χ2v) is 4.54. The molecule has 2 heteroatoms. The molecule has 0 amide bonds. The van der Waals surface area contributed by atoms with Crippen molar-refractivity contribution < 1.29 is 9.53 Å². The maximum atomic E-state index is 10.8. The van der Waals surface area contributed by atoms with E-state index in [-0.39, 0.29) is 5.97 Å². The van der Waals surface area contributed by atoms with E-state index in [1.54, 1.807) is 0 Å². The molecular formula is C13H22O2. The van der Waals surface area contributed by atoms with Gasteiger partial charge in [-0.2, -0.15) is 0 Å². The van der Waals surface area contributed by atoms with Crippen molar-refractivity contribution in [3.05, 3.63) is 12.7 Å². The summed E-state index contributed by atoms with van der Waals surface area (Å²) in [4.78, 5) is 10.8. The normalized spacial score (nSPS) is 19.5. The number of esters is 1. The third kappa shape index (κ3) is 4.50. The number of ether oxygens (including phenoxy) is 1. The van der Waals surface area contributed by atoms with Gasteiger partial charge in [-0.15, -0.1) is 0 Å². The SMILES string of the molecule is C=CC(=O)OCCC(C)C1CCCCC1. The summed E-state index contributed by atoms with van der Waals surface area (Å²) in [6, 6.07) is 0. The van der Waals surface area contributed by atoms with E-state index >= 15 is 0 Å². The van der Waals surface area contributed by atoms with Crippen molar-refractivity contribution in [2.75, 3.05) is 6.61 Å². The van der Waals surface area contributed by atoms with Crippen molar-refractivity contribution in [1.82, 2.24) is 0 Å². The Hall–Kier alpha value is -0.790. The topological polar surface area (TPSA) is 26.3 Å². The van der Waals surface area contributed by atoms with Crippen LogP contribution in [0.1, 0.15) is 45.4 Å². The van der Waals surface area contributed by atoms with Crippen LogP contribution in [0.2, 0.25) is 0 Å². The molecular weight excluding hydrogens is 188 g/mol. The Morgan fingerprint density at radius 3 is 2.73 bits per heavy atom. The lowest BCUT2D eigenvalue weighted by atomic mass is 9.80. The third-order valence-corrected chi connectivity index (χ3v) is 3.44. The summed E-state index contributed by atoms with van der Waals surface area (Å²) in [6.45, 7) is 6.19. The Morgan fingerprint density at radius 2 is 2.13 bits per heavy atom. The van der Waals surface area contributed by atoms with Crippen molar-refractivity contribution in [3.63, 3.8) is 0 Å². The molecule has 15 heavy (non-hydrogen) atoms. The lowest BCUT2D eigenvalue weighted by molar-refractivity contribution is -0.138. The summed E-state index contributed by atoms with van der Waals surface area (Å²) in [5, 5.41) is 0. The van der Waals surface area contributed by atoms with Crippen LogP contribution >= 0.6 is 0 Å². The van der Waals surface area contributed by atoms with Crippen molar-refractivity contribution in [2.24, 2.45) is 11.8 Å². The van der Waals surface area contributed by atoms with E-state index in [0.717, 1.165) is 12.3 Å². The zero-order chi connectivity index (χ0) is 11.1. The van der Waals surface area contributed by atoms with Crippen molar-refractivity contribution >= 4 is 5.97 Å². The molecule has 0 aromatic rings. The van der Waals surface area contributed by atoms with Gasteiger partial charge in [-0.05, 0) is 18.3 Å². The van der Waals surface area contributed by atoms with Crippen LogP contribution in [-0.2, 0) is 9.53 Å². The third-order valence-electron chi connectivity index (χ3n) is 3.44. The highest BCUT2D eigenvalue weighted by Crippen LogP contribution is 2.31. The fourth-order valence-corrected chi connectivity index (χ4v) is 2.34. The van der Waals surface area contributed by atoms with Gasteiger partial charge in [0, 0.05) is 6.08 Å². The number of carbonyl (C=O) groups excluding carboxylic acids is 1. The van der Waals surface area contributed by atoms with E-state index in [0.29, 0.717) is 12.5 Å². The second kappa shape index (κ2) is 6.65. The van der Waals surface area contributed by atoms with Gasteiger partial charge < -0.3 is 4.74 Å². The van der Waals surface area contributed by atoms with E-state index in [1.165, 1.54) is 38.2 Å². The molecule has 0 aliphatic heterocycles. The monoisotopic (exact) mass is 210 g/mol. The molecule has 1 saturated carbocycles. The molecule has 1 aliphatic rings. The molecule has 0 spiro atoms. The zero-order valence-corrected chi connectivity index (χ0v) is 9.71. The van der Waals surface area contributed by atoms with Gasteiger partial charge in [0.25, 0.3) is 0 Å². The standard InChI is InChI=1S/C13H22O2/c1-3-13(14)15-10-9-11(2)12-7-5-4-6-8-12/h3,11-12H,1,4-10H2,2H3. The molecule has 1 fully saturated rings. The van der Waals surface area contributed by atoms with E-state index < -0.39 is 0 Å². The van der Waals surface area contributed by atoms with E-state index in [2.05, 4.69) is 13.5 Å². The minimum Gasteiger partial charge on any atom is -0.463 e. The lowest BCUT2D eigenvalue weighted by Crippen LogP contribution is -2.17. The van der Waals surface area contributed by atoms with Gasteiger partial charge in [0.1, 0.15) is 0 Å². The largest absolute Gasteiger partial charge is 0.463 e. The Morgan fingerprint density at radius 1 is 1.47 bits per heavy atom. The summed E-state index contributed by atoms with van der Waals surface area (Å²) in [7, 11) is 0. The average molecular weight is 210 g/mol. The van der Waals surface area contributed by atoms with Crippen LogP contribution in [0.3, 0.4) is 0 Å². The van der Waals surface area contributed by atoms with Gasteiger partial charge in [0.15, 0.2) is 0 Å². The maximum absolute atomic E-state index is 10.8. The quantitative estimate of drug-likeness (QED) is 0.514. The highest BCUT2D eigenvalue weighted by atomic mass is 16.5. The molecule has 1 rings (SSSR count). The predicted octanol–water partition coefficient (Wildman–Crippen LogP) is 3.32. The Labute approximate surface area is 92.7 Å².